The van der Waals surface area contributed by atoms with Crippen LogP contribution in [0.15, 0.2) is 30.3 Å². The van der Waals surface area contributed by atoms with Gasteiger partial charge >= 0.3 is 0 Å². The largest absolute Gasteiger partial charge is 0.382 e. The summed E-state index contributed by atoms with van der Waals surface area (Å²) in [5, 5.41) is 0. The van der Waals surface area contributed by atoms with Crippen molar-refractivity contribution in [2.75, 3.05) is 26.9 Å². The molecule has 3 nitrogen and oxygen atoms in total. The fourth-order valence-corrected chi connectivity index (χ4v) is 3.73. The maximum Gasteiger partial charge on any atom is 0.105 e. The van der Waals surface area contributed by atoms with Crippen molar-refractivity contribution < 1.29 is 14.2 Å². The van der Waals surface area contributed by atoms with Gasteiger partial charge in [0.05, 0.1) is 19.8 Å². The lowest BCUT2D eigenvalue weighted by Gasteiger charge is -2.17. The number of methoxy groups -OCH3 is 1. The smallest absolute Gasteiger partial charge is 0.105 e. The van der Waals surface area contributed by atoms with E-state index in [-0.39, 0.29) is 6.10 Å². The topological polar surface area (TPSA) is 27.7 Å². The Morgan fingerprint density at radius 2 is 1.20 bits per heavy atom. The van der Waals surface area contributed by atoms with E-state index >= 15 is 0 Å². The summed E-state index contributed by atoms with van der Waals surface area (Å²) in [4.78, 5) is 0. The Kier molecular flexibility index (Phi) is 19.3. The minimum absolute atomic E-state index is 0.00171. The molecule has 0 N–H and O–H groups in total. The van der Waals surface area contributed by atoms with Gasteiger partial charge in [-0.3, -0.25) is 0 Å². The van der Waals surface area contributed by atoms with Crippen molar-refractivity contribution in [1.82, 2.24) is 0 Å². The molecule has 3 heteroatoms. The van der Waals surface area contributed by atoms with E-state index in [2.05, 4.69) is 19.1 Å². The highest BCUT2D eigenvalue weighted by Crippen LogP contribution is 2.13. The van der Waals surface area contributed by atoms with Gasteiger partial charge in [0, 0.05) is 13.7 Å². The summed E-state index contributed by atoms with van der Waals surface area (Å²) < 4.78 is 17.0. The van der Waals surface area contributed by atoms with Crippen molar-refractivity contribution in [3.8, 4) is 0 Å². The zero-order chi connectivity index (χ0) is 21.5. The number of benzene rings is 1. The highest BCUT2D eigenvalue weighted by molar-refractivity contribution is 5.13. The van der Waals surface area contributed by atoms with Gasteiger partial charge in [0.1, 0.15) is 6.10 Å². The molecule has 0 aliphatic rings. The molecule has 1 aromatic rings. The van der Waals surface area contributed by atoms with Crippen LogP contribution in [0.4, 0.5) is 0 Å². The van der Waals surface area contributed by atoms with Gasteiger partial charge in [0.15, 0.2) is 0 Å². The van der Waals surface area contributed by atoms with Crippen LogP contribution in [0.5, 0.6) is 0 Å². The quantitative estimate of drug-likeness (QED) is 0.180. The van der Waals surface area contributed by atoms with Gasteiger partial charge in [-0.15, -0.1) is 0 Å². The van der Waals surface area contributed by atoms with E-state index in [4.69, 9.17) is 14.2 Å². The summed E-state index contributed by atoms with van der Waals surface area (Å²) in [5.74, 6) is 0. The van der Waals surface area contributed by atoms with Crippen LogP contribution in [0, 0.1) is 0 Å². The second kappa shape index (κ2) is 21.3. The summed E-state index contributed by atoms with van der Waals surface area (Å²) in [7, 11) is 1.71. The van der Waals surface area contributed by atoms with Crippen LogP contribution in [0.3, 0.4) is 0 Å². The first-order valence-electron chi connectivity index (χ1n) is 12.6. The SMILES string of the molecule is CCCCCCCCCCCCCCCCOCC(COC)OCc1ccccc1. The molecule has 0 aliphatic heterocycles. The van der Waals surface area contributed by atoms with E-state index in [1.807, 2.05) is 18.2 Å². The molecule has 1 aromatic carbocycles. The van der Waals surface area contributed by atoms with Gasteiger partial charge < -0.3 is 14.2 Å². The summed E-state index contributed by atoms with van der Waals surface area (Å²) in [5.41, 5.74) is 1.19. The Morgan fingerprint density at radius 1 is 0.667 bits per heavy atom. The van der Waals surface area contributed by atoms with Crippen LogP contribution in [0.1, 0.15) is 102 Å². The summed E-state index contributed by atoms with van der Waals surface area (Å²) in [6.45, 7) is 4.91. The van der Waals surface area contributed by atoms with Crippen LogP contribution in [0.25, 0.3) is 0 Å². The van der Waals surface area contributed by atoms with Gasteiger partial charge in [-0.2, -0.15) is 0 Å². The molecule has 0 aliphatic carbocycles. The molecule has 1 rings (SSSR count). The number of unbranched alkanes of at least 4 members (excludes halogenated alkanes) is 13. The van der Waals surface area contributed by atoms with E-state index in [0.717, 1.165) is 13.0 Å². The molecule has 0 saturated carbocycles. The Hall–Kier alpha value is -0.900. The van der Waals surface area contributed by atoms with Crippen LogP contribution in [0.2, 0.25) is 0 Å². The maximum atomic E-state index is 5.94. The lowest BCUT2D eigenvalue weighted by molar-refractivity contribution is -0.0587. The third kappa shape index (κ3) is 16.8. The Morgan fingerprint density at radius 3 is 1.73 bits per heavy atom. The predicted molar refractivity (Wildman–Crippen MR) is 128 cm³/mol. The first kappa shape index (κ1) is 27.1. The highest BCUT2D eigenvalue weighted by Gasteiger charge is 2.09. The van der Waals surface area contributed by atoms with Crippen molar-refractivity contribution >= 4 is 0 Å². The fraction of sp³-hybridized carbons (Fsp3) is 0.778. The second-order valence-electron chi connectivity index (χ2n) is 8.55. The van der Waals surface area contributed by atoms with Crippen molar-refractivity contribution in [3.05, 3.63) is 35.9 Å². The number of hydrogen-bond donors (Lipinski definition) is 0. The molecule has 174 valence electrons. The normalized spacial score (nSPS) is 12.3. The Labute approximate surface area is 186 Å². The van der Waals surface area contributed by atoms with Gasteiger partial charge in [-0.05, 0) is 12.0 Å². The summed E-state index contributed by atoms with van der Waals surface area (Å²) in [6, 6.07) is 10.3. The van der Waals surface area contributed by atoms with Crippen molar-refractivity contribution in [2.45, 2.75) is 110 Å². The highest BCUT2D eigenvalue weighted by atomic mass is 16.6. The lowest BCUT2D eigenvalue weighted by atomic mass is 10.0. The number of ether oxygens (including phenoxy) is 3. The summed E-state index contributed by atoms with van der Waals surface area (Å²) >= 11 is 0. The van der Waals surface area contributed by atoms with Gasteiger partial charge in [-0.25, -0.2) is 0 Å². The van der Waals surface area contributed by atoms with E-state index < -0.39 is 0 Å². The summed E-state index contributed by atoms with van der Waals surface area (Å²) in [6.07, 6.45) is 19.4. The Bertz CT molecular complexity index is 449. The van der Waals surface area contributed by atoms with Crippen LogP contribution in [-0.2, 0) is 20.8 Å². The van der Waals surface area contributed by atoms with Crippen molar-refractivity contribution in [1.29, 1.82) is 0 Å². The van der Waals surface area contributed by atoms with Crippen LogP contribution in [-0.4, -0.2) is 33.0 Å². The van der Waals surface area contributed by atoms with Gasteiger partial charge in [0.2, 0.25) is 0 Å². The molecular weight excluding hydrogens is 372 g/mol. The van der Waals surface area contributed by atoms with Gasteiger partial charge in [0.25, 0.3) is 0 Å². The molecule has 30 heavy (non-hydrogen) atoms. The van der Waals surface area contributed by atoms with Gasteiger partial charge in [-0.1, -0.05) is 121 Å². The molecule has 0 saturated heterocycles. The first-order valence-corrected chi connectivity index (χ1v) is 12.6. The standard InChI is InChI=1S/C27H48O3/c1-3-4-5-6-7-8-9-10-11-12-13-14-15-19-22-29-25-27(24-28-2)30-23-26-20-17-16-18-21-26/h16-18,20-21,27H,3-15,19,22-25H2,1-2H3. The fourth-order valence-electron chi connectivity index (χ4n) is 3.73. The molecule has 0 amide bonds. The monoisotopic (exact) mass is 420 g/mol. The zero-order valence-corrected chi connectivity index (χ0v) is 19.9. The van der Waals surface area contributed by atoms with Crippen molar-refractivity contribution in [2.24, 2.45) is 0 Å². The average Bonchev–Trinajstić information content (AvgIpc) is 2.77. The zero-order valence-electron chi connectivity index (χ0n) is 19.9. The molecule has 1 unspecified atom stereocenters. The lowest BCUT2D eigenvalue weighted by Crippen LogP contribution is -2.25. The van der Waals surface area contributed by atoms with Crippen molar-refractivity contribution in [3.63, 3.8) is 0 Å². The Balaban J connectivity index is 1.86. The number of hydrogen-bond acceptors (Lipinski definition) is 3. The van der Waals surface area contributed by atoms with E-state index in [1.165, 1.54) is 89.0 Å². The van der Waals surface area contributed by atoms with E-state index in [1.54, 1.807) is 7.11 Å². The minimum Gasteiger partial charge on any atom is -0.382 e. The van der Waals surface area contributed by atoms with Crippen LogP contribution < -0.4 is 0 Å². The first-order chi connectivity index (χ1) is 14.9. The van der Waals surface area contributed by atoms with E-state index in [0.29, 0.717) is 19.8 Å². The minimum atomic E-state index is 0.00171. The molecule has 0 aromatic heterocycles. The molecule has 0 heterocycles. The second-order valence-corrected chi connectivity index (χ2v) is 8.55. The maximum absolute atomic E-state index is 5.94. The molecule has 0 fully saturated rings. The molecule has 0 spiro atoms. The third-order valence-electron chi connectivity index (χ3n) is 5.63. The van der Waals surface area contributed by atoms with Crippen LogP contribution >= 0.6 is 0 Å². The molecule has 0 bridgehead atoms. The molecule has 0 radical (unpaired) electrons. The number of rotatable bonds is 22. The average molecular weight is 421 g/mol. The molecule has 1 atom stereocenters. The molecular formula is C27H48O3. The van der Waals surface area contributed by atoms with E-state index in [9.17, 15) is 0 Å². The third-order valence-corrected chi connectivity index (χ3v) is 5.63. The predicted octanol–water partition coefficient (Wildman–Crippen LogP) is 7.72.